The first-order chi connectivity index (χ1) is 12.6. The molecule has 0 spiro atoms. The Bertz CT molecular complexity index is 917. The van der Waals surface area contributed by atoms with E-state index in [1.54, 1.807) is 40.8 Å². The number of hydrogen-bond acceptors (Lipinski definition) is 4. The Balaban J connectivity index is 1.68. The zero-order chi connectivity index (χ0) is 18.4. The van der Waals surface area contributed by atoms with Gasteiger partial charge in [0.15, 0.2) is 0 Å². The molecule has 0 saturated carbocycles. The molecule has 3 rings (SSSR count). The minimum Gasteiger partial charge on any atom is -0.350 e. The van der Waals surface area contributed by atoms with Crippen LogP contribution in [0.1, 0.15) is 21.5 Å². The van der Waals surface area contributed by atoms with Crippen molar-refractivity contribution >= 4 is 5.91 Å². The van der Waals surface area contributed by atoms with Crippen LogP contribution in [0.15, 0.2) is 59.8 Å². The summed E-state index contributed by atoms with van der Waals surface area (Å²) in [6.07, 6.45) is 5.77. The summed E-state index contributed by atoms with van der Waals surface area (Å²) in [6, 6.07) is 11.8. The standard InChI is InChI=1S/C19H21N5O2/c1-15-7-11-23(12-8-16-5-3-2-4-6-16)19(26)17(15)18(25)20-9-13-24-14-10-21-22-24/h2-7,10-11,14H,8-9,12-13H2,1H3,(H,20,25). The van der Waals surface area contributed by atoms with E-state index in [1.807, 2.05) is 30.3 Å². The molecule has 1 aromatic carbocycles. The summed E-state index contributed by atoms with van der Waals surface area (Å²) in [4.78, 5) is 25.2. The molecule has 0 unspecified atom stereocenters. The highest BCUT2D eigenvalue weighted by atomic mass is 16.2. The molecule has 134 valence electrons. The molecular weight excluding hydrogens is 330 g/mol. The first-order valence-corrected chi connectivity index (χ1v) is 8.51. The van der Waals surface area contributed by atoms with Crippen LogP contribution < -0.4 is 10.9 Å². The number of aromatic nitrogens is 4. The molecule has 0 fully saturated rings. The lowest BCUT2D eigenvalue weighted by Gasteiger charge is -2.11. The van der Waals surface area contributed by atoms with Crippen LogP contribution in [-0.4, -0.2) is 32.0 Å². The van der Waals surface area contributed by atoms with Gasteiger partial charge in [-0.15, -0.1) is 5.10 Å². The van der Waals surface area contributed by atoms with E-state index in [-0.39, 0.29) is 17.0 Å². The van der Waals surface area contributed by atoms with Crippen molar-refractivity contribution in [1.29, 1.82) is 0 Å². The average molecular weight is 351 g/mol. The van der Waals surface area contributed by atoms with E-state index in [4.69, 9.17) is 0 Å². The third-order valence-corrected chi connectivity index (χ3v) is 4.18. The smallest absolute Gasteiger partial charge is 0.263 e. The number of rotatable bonds is 7. The van der Waals surface area contributed by atoms with Crippen LogP contribution in [0.25, 0.3) is 0 Å². The third kappa shape index (κ3) is 4.24. The van der Waals surface area contributed by atoms with Gasteiger partial charge in [-0.2, -0.15) is 0 Å². The van der Waals surface area contributed by atoms with Crippen molar-refractivity contribution in [3.05, 3.63) is 82.0 Å². The highest BCUT2D eigenvalue weighted by Gasteiger charge is 2.15. The molecule has 1 amide bonds. The fourth-order valence-electron chi connectivity index (χ4n) is 2.74. The van der Waals surface area contributed by atoms with Gasteiger partial charge in [-0.25, -0.2) is 0 Å². The third-order valence-electron chi connectivity index (χ3n) is 4.18. The van der Waals surface area contributed by atoms with Crippen molar-refractivity contribution in [2.75, 3.05) is 6.54 Å². The molecule has 26 heavy (non-hydrogen) atoms. The van der Waals surface area contributed by atoms with E-state index in [1.165, 1.54) is 0 Å². The lowest BCUT2D eigenvalue weighted by Crippen LogP contribution is -2.35. The average Bonchev–Trinajstić information content (AvgIpc) is 3.15. The first-order valence-electron chi connectivity index (χ1n) is 8.51. The molecule has 0 aliphatic heterocycles. The van der Waals surface area contributed by atoms with Gasteiger partial charge in [0, 0.05) is 25.5 Å². The van der Waals surface area contributed by atoms with Crippen molar-refractivity contribution in [2.24, 2.45) is 0 Å². The number of nitrogens with one attached hydrogen (secondary N) is 1. The van der Waals surface area contributed by atoms with Crippen LogP contribution in [0, 0.1) is 6.92 Å². The molecule has 0 atom stereocenters. The van der Waals surface area contributed by atoms with Crippen LogP contribution >= 0.6 is 0 Å². The number of hydrogen-bond donors (Lipinski definition) is 1. The summed E-state index contributed by atoms with van der Waals surface area (Å²) in [5.41, 5.74) is 1.75. The number of carbonyl (C=O) groups excluding carboxylic acids is 1. The molecule has 0 saturated heterocycles. The fraction of sp³-hybridized carbons (Fsp3) is 0.263. The second-order valence-electron chi connectivity index (χ2n) is 6.03. The highest BCUT2D eigenvalue weighted by molar-refractivity contribution is 5.95. The molecule has 2 aromatic heterocycles. The monoisotopic (exact) mass is 351 g/mol. The molecule has 7 heteroatoms. The molecule has 0 aliphatic carbocycles. The number of nitrogens with zero attached hydrogens (tertiary/aromatic N) is 4. The Morgan fingerprint density at radius 1 is 1.12 bits per heavy atom. The van der Waals surface area contributed by atoms with E-state index in [9.17, 15) is 9.59 Å². The van der Waals surface area contributed by atoms with E-state index in [0.29, 0.717) is 25.2 Å². The van der Waals surface area contributed by atoms with Crippen LogP contribution in [0.3, 0.4) is 0 Å². The molecule has 0 bridgehead atoms. The summed E-state index contributed by atoms with van der Waals surface area (Å²) < 4.78 is 3.21. The topological polar surface area (TPSA) is 81.8 Å². The van der Waals surface area contributed by atoms with Crippen molar-refractivity contribution in [3.8, 4) is 0 Å². The second-order valence-corrected chi connectivity index (χ2v) is 6.03. The Labute approximate surface area is 151 Å². The van der Waals surface area contributed by atoms with Crippen molar-refractivity contribution in [3.63, 3.8) is 0 Å². The lowest BCUT2D eigenvalue weighted by atomic mass is 10.1. The molecule has 2 heterocycles. The highest BCUT2D eigenvalue weighted by Crippen LogP contribution is 2.05. The van der Waals surface area contributed by atoms with Crippen LogP contribution in [0.2, 0.25) is 0 Å². The van der Waals surface area contributed by atoms with Gasteiger partial charge in [0.1, 0.15) is 5.56 Å². The maximum atomic E-state index is 12.7. The van der Waals surface area contributed by atoms with Gasteiger partial charge in [0.2, 0.25) is 0 Å². The summed E-state index contributed by atoms with van der Waals surface area (Å²) in [6.45, 7) is 3.18. The summed E-state index contributed by atoms with van der Waals surface area (Å²) in [5.74, 6) is -0.360. The molecular formula is C19H21N5O2. The van der Waals surface area contributed by atoms with Crippen LogP contribution in [-0.2, 0) is 19.5 Å². The van der Waals surface area contributed by atoms with E-state index in [0.717, 1.165) is 12.0 Å². The predicted molar refractivity (Wildman–Crippen MR) is 97.9 cm³/mol. The molecule has 0 aliphatic rings. The van der Waals surface area contributed by atoms with E-state index in [2.05, 4.69) is 15.6 Å². The number of benzene rings is 1. The second kappa shape index (κ2) is 8.24. The number of amides is 1. The molecule has 3 aromatic rings. The van der Waals surface area contributed by atoms with Crippen molar-refractivity contribution in [2.45, 2.75) is 26.4 Å². The van der Waals surface area contributed by atoms with Gasteiger partial charge in [-0.05, 0) is 30.5 Å². The SMILES string of the molecule is Cc1ccn(CCc2ccccc2)c(=O)c1C(=O)NCCn1ccnn1. The van der Waals surface area contributed by atoms with E-state index < -0.39 is 0 Å². The number of pyridine rings is 1. The predicted octanol–water partition coefficient (Wildman–Crippen LogP) is 1.42. The summed E-state index contributed by atoms with van der Waals surface area (Å²) in [7, 11) is 0. The quantitative estimate of drug-likeness (QED) is 0.698. The van der Waals surface area contributed by atoms with Crippen molar-refractivity contribution < 1.29 is 4.79 Å². The Morgan fingerprint density at radius 2 is 1.92 bits per heavy atom. The van der Waals surface area contributed by atoms with Gasteiger partial charge in [0.25, 0.3) is 11.5 Å². The van der Waals surface area contributed by atoms with Gasteiger partial charge in [0.05, 0.1) is 12.7 Å². The summed E-state index contributed by atoms with van der Waals surface area (Å²) in [5, 5.41) is 10.3. The van der Waals surface area contributed by atoms with Gasteiger partial charge in [-0.3, -0.25) is 14.3 Å². The normalized spacial score (nSPS) is 10.7. The van der Waals surface area contributed by atoms with Crippen LogP contribution in [0.5, 0.6) is 0 Å². The zero-order valence-electron chi connectivity index (χ0n) is 14.6. The van der Waals surface area contributed by atoms with E-state index >= 15 is 0 Å². The maximum Gasteiger partial charge on any atom is 0.263 e. The van der Waals surface area contributed by atoms with Gasteiger partial charge >= 0.3 is 0 Å². The first kappa shape index (κ1) is 17.6. The number of carbonyl (C=O) groups is 1. The Morgan fingerprint density at radius 3 is 2.65 bits per heavy atom. The Hall–Kier alpha value is -3.22. The molecule has 0 radical (unpaired) electrons. The van der Waals surface area contributed by atoms with Crippen LogP contribution in [0.4, 0.5) is 0 Å². The Kier molecular flexibility index (Phi) is 5.58. The number of aryl methyl sites for hydroxylation is 3. The van der Waals surface area contributed by atoms with Gasteiger partial charge < -0.3 is 9.88 Å². The van der Waals surface area contributed by atoms with Gasteiger partial charge in [-0.1, -0.05) is 35.5 Å². The summed E-state index contributed by atoms with van der Waals surface area (Å²) >= 11 is 0. The molecule has 1 N–H and O–H groups in total. The zero-order valence-corrected chi connectivity index (χ0v) is 14.6. The minimum atomic E-state index is -0.360. The fourth-order valence-corrected chi connectivity index (χ4v) is 2.74. The maximum absolute atomic E-state index is 12.7. The van der Waals surface area contributed by atoms with Crippen molar-refractivity contribution in [1.82, 2.24) is 24.9 Å². The molecule has 7 nitrogen and oxygen atoms in total. The largest absolute Gasteiger partial charge is 0.350 e. The lowest BCUT2D eigenvalue weighted by molar-refractivity contribution is 0.0949. The minimum absolute atomic E-state index is 0.194.